The zero-order valence-corrected chi connectivity index (χ0v) is 13.9. The maximum atomic E-state index is 4.58. The maximum absolute atomic E-state index is 4.58. The van der Waals surface area contributed by atoms with Crippen molar-refractivity contribution in [1.82, 2.24) is 10.2 Å². The lowest BCUT2D eigenvalue weighted by Crippen LogP contribution is -2.35. The van der Waals surface area contributed by atoms with Crippen molar-refractivity contribution < 1.29 is 0 Å². The van der Waals surface area contributed by atoms with Gasteiger partial charge in [-0.25, -0.2) is 0 Å². The molecule has 1 aliphatic rings. The summed E-state index contributed by atoms with van der Waals surface area (Å²) in [6.07, 6.45) is 1.07. The summed E-state index contributed by atoms with van der Waals surface area (Å²) >= 11 is 0. The van der Waals surface area contributed by atoms with Crippen molar-refractivity contribution in [3.63, 3.8) is 0 Å². The number of nitrogens with zero attached hydrogens (tertiary/aromatic N) is 3. The monoisotopic (exact) mass is 315 g/mol. The molecule has 3 heteroatoms. The van der Waals surface area contributed by atoms with Gasteiger partial charge in [-0.2, -0.15) is 0 Å². The second-order valence-corrected chi connectivity index (χ2v) is 6.62. The van der Waals surface area contributed by atoms with Crippen molar-refractivity contribution in [3.05, 3.63) is 77.9 Å². The molecule has 0 N–H and O–H groups in total. The molecule has 1 atom stereocenters. The summed E-state index contributed by atoms with van der Waals surface area (Å²) in [4.78, 5) is 2.36. The van der Waals surface area contributed by atoms with Gasteiger partial charge in [-0.15, -0.1) is 10.2 Å². The van der Waals surface area contributed by atoms with Crippen LogP contribution in [0.5, 0.6) is 0 Å². The minimum atomic E-state index is 0.619. The number of anilines is 1. The Hall–Kier alpha value is -2.68. The smallest absolute Gasteiger partial charge is 0.154 e. The van der Waals surface area contributed by atoms with E-state index in [2.05, 4.69) is 70.6 Å². The second-order valence-electron chi connectivity index (χ2n) is 6.62. The Labute approximate surface area is 143 Å². The van der Waals surface area contributed by atoms with E-state index < -0.39 is 0 Å². The standard InChI is InChI=1S/C21H21N3/c1-16-12-19-13-20(18-10-6-3-7-11-18)22-23-21(19)24(14-16)15-17-8-4-2-5-9-17/h2-11,13,16H,12,14-15H2,1H3. The van der Waals surface area contributed by atoms with Crippen LogP contribution in [-0.4, -0.2) is 16.7 Å². The fourth-order valence-electron chi connectivity index (χ4n) is 3.44. The van der Waals surface area contributed by atoms with Crippen LogP contribution < -0.4 is 4.90 Å². The Morgan fingerprint density at radius 3 is 2.42 bits per heavy atom. The Bertz CT molecular complexity index is 815. The van der Waals surface area contributed by atoms with Gasteiger partial charge in [0.15, 0.2) is 5.82 Å². The zero-order chi connectivity index (χ0) is 16.4. The molecule has 3 nitrogen and oxygen atoms in total. The first-order chi connectivity index (χ1) is 11.8. The molecule has 2 aromatic carbocycles. The van der Waals surface area contributed by atoms with E-state index in [0.29, 0.717) is 5.92 Å². The van der Waals surface area contributed by atoms with Crippen LogP contribution in [0.1, 0.15) is 18.1 Å². The summed E-state index contributed by atoms with van der Waals surface area (Å²) in [5.74, 6) is 1.66. The van der Waals surface area contributed by atoms with E-state index in [4.69, 9.17) is 0 Å². The van der Waals surface area contributed by atoms with Gasteiger partial charge in [0.25, 0.3) is 0 Å². The largest absolute Gasteiger partial charge is 0.350 e. The number of fused-ring (bicyclic) bond motifs is 1. The average Bonchev–Trinajstić information content (AvgIpc) is 2.63. The van der Waals surface area contributed by atoms with Gasteiger partial charge < -0.3 is 4.90 Å². The van der Waals surface area contributed by atoms with Crippen molar-refractivity contribution in [2.75, 3.05) is 11.4 Å². The quantitative estimate of drug-likeness (QED) is 0.720. The molecular formula is C21H21N3. The minimum Gasteiger partial charge on any atom is -0.350 e. The molecule has 4 rings (SSSR count). The summed E-state index contributed by atoms with van der Waals surface area (Å²) in [7, 11) is 0. The normalized spacial score (nSPS) is 16.7. The summed E-state index contributed by atoms with van der Waals surface area (Å²) in [5, 5.41) is 9.07. The topological polar surface area (TPSA) is 29.0 Å². The lowest BCUT2D eigenvalue weighted by atomic mass is 9.95. The van der Waals surface area contributed by atoms with Crippen molar-refractivity contribution in [2.24, 2.45) is 5.92 Å². The van der Waals surface area contributed by atoms with Gasteiger partial charge in [0.2, 0.25) is 0 Å². The third kappa shape index (κ3) is 3.02. The van der Waals surface area contributed by atoms with Gasteiger partial charge in [0.1, 0.15) is 0 Å². The lowest BCUT2D eigenvalue weighted by Gasteiger charge is -2.33. The highest BCUT2D eigenvalue weighted by Gasteiger charge is 2.24. The molecule has 0 spiro atoms. The van der Waals surface area contributed by atoms with E-state index in [9.17, 15) is 0 Å². The Kier molecular flexibility index (Phi) is 3.99. The van der Waals surface area contributed by atoms with Crippen molar-refractivity contribution in [1.29, 1.82) is 0 Å². The van der Waals surface area contributed by atoms with Crippen molar-refractivity contribution in [3.8, 4) is 11.3 Å². The third-order valence-electron chi connectivity index (χ3n) is 4.54. The molecule has 1 aromatic heterocycles. The highest BCUT2D eigenvalue weighted by atomic mass is 15.3. The fourth-order valence-corrected chi connectivity index (χ4v) is 3.44. The predicted octanol–water partition coefficient (Wildman–Crippen LogP) is 4.34. The van der Waals surface area contributed by atoms with Gasteiger partial charge in [-0.05, 0) is 29.5 Å². The molecular weight excluding hydrogens is 294 g/mol. The third-order valence-corrected chi connectivity index (χ3v) is 4.54. The summed E-state index contributed by atoms with van der Waals surface area (Å²) in [6.45, 7) is 4.22. The van der Waals surface area contributed by atoms with E-state index in [1.54, 1.807) is 0 Å². The second kappa shape index (κ2) is 6.44. The Morgan fingerprint density at radius 1 is 0.958 bits per heavy atom. The first kappa shape index (κ1) is 14.9. The highest BCUT2D eigenvalue weighted by Crippen LogP contribution is 2.31. The van der Waals surface area contributed by atoms with E-state index in [0.717, 1.165) is 36.6 Å². The van der Waals surface area contributed by atoms with Gasteiger partial charge in [-0.3, -0.25) is 0 Å². The zero-order valence-electron chi connectivity index (χ0n) is 13.9. The molecule has 0 fully saturated rings. The molecule has 2 heterocycles. The number of benzene rings is 2. The highest BCUT2D eigenvalue weighted by molar-refractivity contribution is 5.62. The summed E-state index contributed by atoms with van der Waals surface area (Å²) in [5.41, 5.74) is 4.70. The number of hydrogen-bond acceptors (Lipinski definition) is 3. The van der Waals surface area contributed by atoms with Crippen LogP contribution in [0.4, 0.5) is 5.82 Å². The molecule has 3 aromatic rings. The van der Waals surface area contributed by atoms with Crippen molar-refractivity contribution in [2.45, 2.75) is 19.9 Å². The minimum absolute atomic E-state index is 0.619. The average molecular weight is 315 g/mol. The number of aromatic nitrogens is 2. The van der Waals surface area contributed by atoms with Gasteiger partial charge in [-0.1, -0.05) is 67.6 Å². The first-order valence-electron chi connectivity index (χ1n) is 8.50. The van der Waals surface area contributed by atoms with Crippen LogP contribution in [0.3, 0.4) is 0 Å². The van der Waals surface area contributed by atoms with Crippen LogP contribution in [0, 0.1) is 5.92 Å². The molecule has 1 aliphatic heterocycles. The van der Waals surface area contributed by atoms with E-state index in [1.807, 2.05) is 18.2 Å². The van der Waals surface area contributed by atoms with Crippen molar-refractivity contribution >= 4 is 5.82 Å². The number of rotatable bonds is 3. The van der Waals surface area contributed by atoms with Crippen LogP contribution in [0.15, 0.2) is 66.7 Å². The fraction of sp³-hybridized carbons (Fsp3) is 0.238. The van der Waals surface area contributed by atoms with E-state index >= 15 is 0 Å². The maximum Gasteiger partial charge on any atom is 0.154 e. The summed E-state index contributed by atoms with van der Waals surface area (Å²) in [6, 6.07) is 23.1. The van der Waals surface area contributed by atoms with Gasteiger partial charge in [0.05, 0.1) is 5.69 Å². The Balaban J connectivity index is 1.67. The Morgan fingerprint density at radius 2 is 1.67 bits per heavy atom. The molecule has 0 saturated carbocycles. The summed E-state index contributed by atoms with van der Waals surface area (Å²) < 4.78 is 0. The predicted molar refractivity (Wildman–Crippen MR) is 97.8 cm³/mol. The van der Waals surface area contributed by atoms with Crippen LogP contribution in [0.2, 0.25) is 0 Å². The molecule has 120 valence electrons. The van der Waals surface area contributed by atoms with E-state index in [-0.39, 0.29) is 0 Å². The van der Waals surface area contributed by atoms with E-state index in [1.165, 1.54) is 11.1 Å². The van der Waals surface area contributed by atoms with Gasteiger partial charge >= 0.3 is 0 Å². The van der Waals surface area contributed by atoms with Gasteiger partial charge in [0, 0.05) is 18.7 Å². The lowest BCUT2D eigenvalue weighted by molar-refractivity contribution is 0.521. The van der Waals surface area contributed by atoms with Crippen LogP contribution in [-0.2, 0) is 13.0 Å². The molecule has 24 heavy (non-hydrogen) atoms. The van der Waals surface area contributed by atoms with Crippen LogP contribution in [0.25, 0.3) is 11.3 Å². The SMILES string of the molecule is CC1Cc2cc(-c3ccccc3)nnc2N(Cc2ccccc2)C1. The molecule has 0 bridgehead atoms. The van der Waals surface area contributed by atoms with Crippen LogP contribution >= 0.6 is 0 Å². The molecule has 0 saturated heterocycles. The molecule has 0 aliphatic carbocycles. The molecule has 0 amide bonds. The molecule has 0 radical (unpaired) electrons. The number of hydrogen-bond donors (Lipinski definition) is 0. The molecule has 1 unspecified atom stereocenters. The first-order valence-corrected chi connectivity index (χ1v) is 8.50.